The Labute approximate surface area is 68.6 Å². The molecule has 0 aromatic rings. The summed E-state index contributed by atoms with van der Waals surface area (Å²) < 4.78 is 4.58. The van der Waals surface area contributed by atoms with Crippen molar-refractivity contribution in [3.63, 3.8) is 0 Å². The molecule has 1 saturated heterocycles. The zero-order valence-corrected chi connectivity index (χ0v) is 6.24. The summed E-state index contributed by atoms with van der Waals surface area (Å²) in [6.07, 6.45) is -7.04. The van der Waals surface area contributed by atoms with E-state index in [-0.39, 0.29) is 0 Å². The molecular weight excluding hydrogens is 168 g/mol. The Kier molecular flexibility index (Phi) is 2.99. The van der Waals surface area contributed by atoms with Gasteiger partial charge in [0.1, 0.15) is 24.4 Å². The summed E-state index contributed by atoms with van der Waals surface area (Å²) in [6, 6.07) is 0. The number of ether oxygens (including phenoxy) is 1. The first-order valence-corrected chi connectivity index (χ1v) is 3.56. The predicted octanol–water partition coefficient (Wildman–Crippen LogP) is -3.22. The number of rotatable bonds is 1. The second-order valence-electron chi connectivity index (χ2n) is 2.72. The van der Waals surface area contributed by atoms with Crippen molar-refractivity contribution in [1.29, 1.82) is 0 Å². The third-order valence-corrected chi connectivity index (χ3v) is 1.87. The van der Waals surface area contributed by atoms with Crippen LogP contribution in [0.1, 0.15) is 0 Å². The minimum atomic E-state index is -1.57. The first-order valence-electron chi connectivity index (χ1n) is 3.56. The van der Waals surface area contributed by atoms with Crippen LogP contribution in [0.2, 0.25) is 0 Å². The van der Waals surface area contributed by atoms with Gasteiger partial charge in [0.2, 0.25) is 0 Å². The Morgan fingerprint density at radius 1 is 0.917 bits per heavy atom. The van der Waals surface area contributed by atoms with Crippen LogP contribution in [-0.4, -0.2) is 62.8 Å². The van der Waals surface area contributed by atoms with Crippen molar-refractivity contribution in [3.05, 3.63) is 0 Å². The quantitative estimate of drug-likeness (QED) is 0.290. The molecule has 1 rings (SSSR count). The summed E-state index contributed by atoms with van der Waals surface area (Å²) >= 11 is 0. The minimum absolute atomic E-state index is 0.526. The van der Waals surface area contributed by atoms with E-state index in [2.05, 4.69) is 4.74 Å². The molecule has 0 aromatic carbocycles. The molecule has 0 bridgehead atoms. The van der Waals surface area contributed by atoms with Gasteiger partial charge in [-0.3, -0.25) is 0 Å². The molecule has 6 nitrogen and oxygen atoms in total. The van der Waals surface area contributed by atoms with Gasteiger partial charge in [-0.05, 0) is 0 Å². The molecule has 72 valence electrons. The fourth-order valence-corrected chi connectivity index (χ4v) is 1.08. The van der Waals surface area contributed by atoms with E-state index in [0.29, 0.717) is 0 Å². The van der Waals surface area contributed by atoms with Crippen LogP contribution in [0.15, 0.2) is 0 Å². The van der Waals surface area contributed by atoms with Crippen LogP contribution in [-0.2, 0) is 4.74 Å². The molecule has 5 atom stereocenters. The molecular formula is C6H12O6. The average Bonchev–Trinajstić information content (AvgIpc) is 2.08. The fourth-order valence-electron chi connectivity index (χ4n) is 1.08. The van der Waals surface area contributed by atoms with Crippen molar-refractivity contribution in [1.82, 2.24) is 0 Å². The monoisotopic (exact) mass is 180 g/mol. The summed E-state index contributed by atoms with van der Waals surface area (Å²) in [6.45, 7) is -0.526. The lowest BCUT2D eigenvalue weighted by Crippen LogP contribution is -2.58. The molecule has 0 aromatic heterocycles. The summed E-state index contributed by atoms with van der Waals surface area (Å²) in [5, 5.41) is 44.7. The van der Waals surface area contributed by atoms with Gasteiger partial charge in [0, 0.05) is 0 Å². The predicted molar refractivity (Wildman–Crippen MR) is 36.0 cm³/mol. The van der Waals surface area contributed by atoms with E-state index in [0.717, 1.165) is 0 Å². The van der Waals surface area contributed by atoms with Gasteiger partial charge in [-0.1, -0.05) is 0 Å². The van der Waals surface area contributed by atoms with Crippen LogP contribution in [0.4, 0.5) is 0 Å². The summed E-state index contributed by atoms with van der Waals surface area (Å²) in [5.74, 6) is 0. The minimum Gasteiger partial charge on any atom is -0.394 e. The largest absolute Gasteiger partial charge is 0.394 e. The van der Waals surface area contributed by atoms with Gasteiger partial charge in [0.15, 0.2) is 6.29 Å². The lowest BCUT2D eigenvalue weighted by molar-refractivity contribution is -0.286. The number of aliphatic hydroxyl groups is 5. The molecule has 5 N–H and O–H groups in total. The molecule has 0 aliphatic carbocycles. The van der Waals surface area contributed by atoms with Crippen molar-refractivity contribution in [3.8, 4) is 0 Å². The topological polar surface area (TPSA) is 110 Å². The van der Waals surface area contributed by atoms with E-state index in [1.807, 2.05) is 0 Å². The zero-order valence-electron chi connectivity index (χ0n) is 6.24. The summed E-state index contributed by atoms with van der Waals surface area (Å²) in [7, 11) is 0. The zero-order chi connectivity index (χ0) is 9.30. The number of hydrogen-bond acceptors (Lipinski definition) is 6. The molecule has 1 fully saturated rings. The first-order chi connectivity index (χ1) is 5.57. The normalized spacial score (nSPS) is 49.2. The van der Waals surface area contributed by atoms with Crippen LogP contribution in [0.25, 0.3) is 0 Å². The molecule has 0 radical (unpaired) electrons. The van der Waals surface area contributed by atoms with Crippen molar-refractivity contribution in [2.45, 2.75) is 30.7 Å². The van der Waals surface area contributed by atoms with E-state index in [9.17, 15) is 0 Å². The molecule has 0 saturated carbocycles. The highest BCUT2D eigenvalue weighted by molar-refractivity contribution is 4.87. The van der Waals surface area contributed by atoms with E-state index in [4.69, 9.17) is 25.5 Å². The molecule has 0 spiro atoms. The molecule has 1 aliphatic rings. The third-order valence-electron chi connectivity index (χ3n) is 1.87. The summed E-state index contributed by atoms with van der Waals surface area (Å²) in [4.78, 5) is 0. The maximum absolute atomic E-state index is 9.12. The lowest BCUT2D eigenvalue weighted by atomic mass is 10.00. The van der Waals surface area contributed by atoms with Gasteiger partial charge in [0.25, 0.3) is 0 Å². The summed E-state index contributed by atoms with van der Waals surface area (Å²) in [5.41, 5.74) is 0. The number of hydrogen-bond donors (Lipinski definition) is 5. The van der Waals surface area contributed by atoms with Crippen molar-refractivity contribution < 1.29 is 30.3 Å². The first kappa shape index (κ1) is 9.85. The van der Waals surface area contributed by atoms with Crippen LogP contribution in [0.5, 0.6) is 0 Å². The standard InChI is InChI=1S/C6H12O6/c7-1-2-3(8)4(9)5(10)6(11)12-2/h2-11H,1H2/t2?,3-,4-,5+,6+/m0/s1. The van der Waals surface area contributed by atoms with Gasteiger partial charge in [-0.25, -0.2) is 0 Å². The maximum atomic E-state index is 9.12. The smallest absolute Gasteiger partial charge is 0.184 e. The Morgan fingerprint density at radius 3 is 2.00 bits per heavy atom. The van der Waals surface area contributed by atoms with Crippen LogP contribution >= 0.6 is 0 Å². The SMILES string of the molecule is OCC1O[C@@H](O)[C@H](O)[C@@H](O)[C@H]1O. The molecule has 1 heterocycles. The molecule has 1 aliphatic heterocycles. The van der Waals surface area contributed by atoms with Crippen molar-refractivity contribution in [2.24, 2.45) is 0 Å². The highest BCUT2D eigenvalue weighted by atomic mass is 16.6. The van der Waals surface area contributed by atoms with E-state index in [1.54, 1.807) is 0 Å². The average molecular weight is 180 g/mol. The van der Waals surface area contributed by atoms with Gasteiger partial charge in [-0.15, -0.1) is 0 Å². The Morgan fingerprint density at radius 2 is 1.50 bits per heavy atom. The fraction of sp³-hybridized carbons (Fsp3) is 1.00. The van der Waals surface area contributed by atoms with Crippen molar-refractivity contribution >= 4 is 0 Å². The van der Waals surface area contributed by atoms with Crippen molar-refractivity contribution in [2.75, 3.05) is 6.61 Å². The van der Waals surface area contributed by atoms with Crippen LogP contribution in [0, 0.1) is 0 Å². The highest BCUT2D eigenvalue weighted by Gasteiger charge is 2.42. The Balaban J connectivity index is 2.63. The molecule has 6 heteroatoms. The molecule has 1 unspecified atom stereocenters. The lowest BCUT2D eigenvalue weighted by Gasteiger charge is -2.37. The molecule has 0 amide bonds. The second kappa shape index (κ2) is 3.65. The highest BCUT2D eigenvalue weighted by Crippen LogP contribution is 2.18. The maximum Gasteiger partial charge on any atom is 0.184 e. The van der Waals surface area contributed by atoms with Crippen LogP contribution in [0.3, 0.4) is 0 Å². The van der Waals surface area contributed by atoms with E-state index in [1.165, 1.54) is 0 Å². The number of aliphatic hydroxyl groups excluding tert-OH is 5. The Hall–Kier alpha value is -0.240. The third kappa shape index (κ3) is 1.58. The van der Waals surface area contributed by atoms with Gasteiger partial charge >= 0.3 is 0 Å². The van der Waals surface area contributed by atoms with Crippen LogP contribution < -0.4 is 0 Å². The van der Waals surface area contributed by atoms with E-state index < -0.39 is 37.3 Å². The molecule has 12 heavy (non-hydrogen) atoms. The second-order valence-corrected chi connectivity index (χ2v) is 2.72. The van der Waals surface area contributed by atoms with Gasteiger partial charge < -0.3 is 30.3 Å². The van der Waals surface area contributed by atoms with Gasteiger partial charge in [-0.2, -0.15) is 0 Å². The van der Waals surface area contributed by atoms with Gasteiger partial charge in [0.05, 0.1) is 6.61 Å². The Bertz CT molecular complexity index is 146. The van der Waals surface area contributed by atoms with E-state index >= 15 is 0 Å².